The van der Waals surface area contributed by atoms with Gasteiger partial charge in [-0.1, -0.05) is 18.7 Å². The first-order chi connectivity index (χ1) is 13.0. The molecule has 0 unspecified atom stereocenters. The minimum atomic E-state index is -0.0715. The molecule has 2 N–H and O–H groups in total. The maximum absolute atomic E-state index is 12.1. The Bertz CT molecular complexity index is 1100. The molecule has 3 fully saturated rings. The molecule has 27 heavy (non-hydrogen) atoms. The minimum absolute atomic E-state index is 0.00626. The van der Waals surface area contributed by atoms with E-state index in [0.29, 0.717) is 23.4 Å². The van der Waals surface area contributed by atoms with E-state index in [0.717, 1.165) is 28.4 Å². The average Bonchev–Trinajstić information content (AvgIpc) is 3.31. The molecule has 1 amide bonds. The number of carbonyl (C=O) groups excluding carboxylic acids is 1. The SMILES string of the molecule is C=CC(=O)N1CC2(c3[nH]c4nnc(-c5ccccc5O)cc4c3Br)CC1C2. The van der Waals surface area contributed by atoms with E-state index in [1.807, 2.05) is 23.1 Å². The van der Waals surface area contributed by atoms with Gasteiger partial charge in [-0.05, 0) is 53.0 Å². The number of fused-ring (bicyclic) bond motifs is 2. The molecule has 2 aromatic heterocycles. The van der Waals surface area contributed by atoms with Gasteiger partial charge in [-0.3, -0.25) is 4.79 Å². The van der Waals surface area contributed by atoms with Crippen molar-refractivity contribution in [3.63, 3.8) is 0 Å². The molecule has 3 aliphatic rings. The van der Waals surface area contributed by atoms with Crippen LogP contribution in [0, 0.1) is 0 Å². The number of para-hydroxylation sites is 1. The van der Waals surface area contributed by atoms with Gasteiger partial charge in [0.2, 0.25) is 5.91 Å². The zero-order valence-electron chi connectivity index (χ0n) is 14.4. The van der Waals surface area contributed by atoms with Crippen molar-refractivity contribution < 1.29 is 9.90 Å². The molecule has 0 spiro atoms. The number of aromatic hydroxyl groups is 1. The molecule has 7 heteroatoms. The Hall–Kier alpha value is -2.67. The highest BCUT2D eigenvalue weighted by Crippen LogP contribution is 2.55. The van der Waals surface area contributed by atoms with Crippen LogP contribution in [0.5, 0.6) is 5.75 Å². The molecule has 1 aromatic carbocycles. The maximum atomic E-state index is 12.1. The number of halogens is 1. The highest BCUT2D eigenvalue weighted by atomic mass is 79.9. The van der Waals surface area contributed by atoms with E-state index in [4.69, 9.17) is 0 Å². The number of carbonyl (C=O) groups is 1. The summed E-state index contributed by atoms with van der Waals surface area (Å²) in [6, 6.07) is 9.30. The number of benzene rings is 1. The summed E-state index contributed by atoms with van der Waals surface area (Å²) < 4.78 is 0.954. The first-order valence-electron chi connectivity index (χ1n) is 8.79. The van der Waals surface area contributed by atoms with Crippen LogP contribution in [0.15, 0.2) is 47.5 Å². The molecule has 136 valence electrons. The van der Waals surface area contributed by atoms with Crippen LogP contribution in [0.1, 0.15) is 18.5 Å². The Morgan fingerprint density at radius 2 is 2.15 bits per heavy atom. The number of rotatable bonds is 3. The van der Waals surface area contributed by atoms with Crippen LogP contribution in [0.4, 0.5) is 0 Å². The lowest BCUT2D eigenvalue weighted by Gasteiger charge is -2.36. The van der Waals surface area contributed by atoms with Crippen molar-refractivity contribution in [1.29, 1.82) is 0 Å². The van der Waals surface area contributed by atoms with Crippen molar-refractivity contribution in [2.45, 2.75) is 24.3 Å². The fraction of sp³-hybridized carbons (Fsp3) is 0.250. The fourth-order valence-electron chi connectivity index (χ4n) is 4.45. The highest BCUT2D eigenvalue weighted by Gasteiger charge is 2.58. The average molecular weight is 425 g/mol. The van der Waals surface area contributed by atoms with E-state index >= 15 is 0 Å². The second kappa shape index (κ2) is 5.66. The van der Waals surface area contributed by atoms with Gasteiger partial charge in [0.15, 0.2) is 5.65 Å². The van der Waals surface area contributed by atoms with Gasteiger partial charge in [-0.15, -0.1) is 10.2 Å². The summed E-state index contributed by atoms with van der Waals surface area (Å²) in [5.74, 6) is 0.168. The van der Waals surface area contributed by atoms with Crippen molar-refractivity contribution >= 4 is 32.9 Å². The van der Waals surface area contributed by atoms with Crippen LogP contribution >= 0.6 is 15.9 Å². The van der Waals surface area contributed by atoms with Crippen molar-refractivity contribution in [2.24, 2.45) is 0 Å². The summed E-state index contributed by atoms with van der Waals surface area (Å²) in [6.45, 7) is 4.29. The maximum Gasteiger partial charge on any atom is 0.246 e. The molecule has 0 radical (unpaired) electrons. The van der Waals surface area contributed by atoms with Crippen LogP contribution in [0.25, 0.3) is 22.3 Å². The van der Waals surface area contributed by atoms with E-state index in [9.17, 15) is 9.90 Å². The van der Waals surface area contributed by atoms with Crippen molar-refractivity contribution in [3.05, 3.63) is 53.2 Å². The first kappa shape index (κ1) is 16.5. The normalized spacial score (nSPS) is 23.4. The molecule has 2 aliphatic heterocycles. The number of hydrogen-bond acceptors (Lipinski definition) is 4. The quantitative estimate of drug-likeness (QED) is 0.630. The van der Waals surface area contributed by atoms with Crippen LogP contribution in [0.2, 0.25) is 0 Å². The van der Waals surface area contributed by atoms with Crippen molar-refractivity contribution in [1.82, 2.24) is 20.1 Å². The molecule has 2 bridgehead atoms. The first-order valence-corrected chi connectivity index (χ1v) is 9.58. The summed E-state index contributed by atoms with van der Waals surface area (Å²) in [4.78, 5) is 17.4. The predicted molar refractivity (Wildman–Crippen MR) is 105 cm³/mol. The number of hydrogen-bond donors (Lipinski definition) is 2. The lowest BCUT2D eigenvalue weighted by Crippen LogP contribution is -2.39. The molecule has 2 saturated heterocycles. The van der Waals surface area contributed by atoms with Gasteiger partial charge >= 0.3 is 0 Å². The summed E-state index contributed by atoms with van der Waals surface area (Å²) in [7, 11) is 0. The molecular formula is C20H17BrN4O2. The number of phenolic OH excluding ortho intramolecular Hbond substituents is 1. The van der Waals surface area contributed by atoms with Gasteiger partial charge < -0.3 is 15.0 Å². The molecule has 6 rings (SSSR count). The number of phenols is 1. The topological polar surface area (TPSA) is 82.1 Å². The smallest absolute Gasteiger partial charge is 0.246 e. The van der Waals surface area contributed by atoms with Crippen molar-refractivity contribution in [3.8, 4) is 17.0 Å². The van der Waals surface area contributed by atoms with Gasteiger partial charge in [0.05, 0.1) is 5.69 Å². The van der Waals surface area contributed by atoms with Gasteiger partial charge in [0, 0.05) is 39.1 Å². The Morgan fingerprint density at radius 3 is 2.89 bits per heavy atom. The zero-order valence-corrected chi connectivity index (χ0v) is 16.0. The lowest BCUT2D eigenvalue weighted by atomic mass is 9.68. The minimum Gasteiger partial charge on any atom is -0.507 e. The summed E-state index contributed by atoms with van der Waals surface area (Å²) in [5.41, 5.74) is 2.95. The molecule has 4 heterocycles. The third kappa shape index (κ3) is 2.27. The number of nitrogens with one attached hydrogen (secondary N) is 1. The predicted octanol–water partition coefficient (Wildman–Crippen LogP) is 3.52. The van der Waals surface area contributed by atoms with Crippen LogP contribution < -0.4 is 0 Å². The van der Waals surface area contributed by atoms with Gasteiger partial charge in [0.1, 0.15) is 5.75 Å². The van der Waals surface area contributed by atoms with Crippen LogP contribution in [-0.2, 0) is 10.2 Å². The molecule has 1 saturated carbocycles. The number of aromatic amines is 1. The van der Waals surface area contributed by atoms with E-state index in [1.54, 1.807) is 12.1 Å². The number of nitrogens with zero attached hydrogens (tertiary/aromatic N) is 3. The Kier molecular flexibility index (Phi) is 3.46. The molecule has 1 aliphatic carbocycles. The highest BCUT2D eigenvalue weighted by molar-refractivity contribution is 9.10. The lowest BCUT2D eigenvalue weighted by molar-refractivity contribution is -0.126. The fourth-order valence-corrected chi connectivity index (χ4v) is 5.27. The summed E-state index contributed by atoms with van der Waals surface area (Å²) >= 11 is 3.74. The van der Waals surface area contributed by atoms with E-state index < -0.39 is 0 Å². The Labute approximate surface area is 164 Å². The number of amides is 1. The monoisotopic (exact) mass is 424 g/mol. The van der Waals surface area contributed by atoms with E-state index in [1.165, 1.54) is 6.08 Å². The molecule has 0 atom stereocenters. The standard InChI is InChI=1S/C20H17BrN4O2/c1-2-16(27)25-10-20(8-11(25)9-20)18-17(21)13-7-14(23-24-19(13)22-18)12-5-3-4-6-15(12)26/h2-7,11,26H,1,8-10H2,(H,22,24). The van der Waals surface area contributed by atoms with E-state index in [-0.39, 0.29) is 23.1 Å². The third-order valence-corrected chi connectivity index (χ3v) is 6.65. The Morgan fingerprint density at radius 1 is 1.37 bits per heavy atom. The third-order valence-electron chi connectivity index (χ3n) is 5.83. The second-order valence-electron chi connectivity index (χ2n) is 7.34. The van der Waals surface area contributed by atoms with Crippen LogP contribution in [-0.4, -0.2) is 43.7 Å². The van der Waals surface area contributed by atoms with E-state index in [2.05, 4.69) is 37.7 Å². The molecular weight excluding hydrogens is 408 g/mol. The van der Waals surface area contributed by atoms with Crippen molar-refractivity contribution in [2.75, 3.05) is 6.54 Å². The molecule has 6 nitrogen and oxygen atoms in total. The van der Waals surface area contributed by atoms with Gasteiger partial charge in [-0.25, -0.2) is 0 Å². The van der Waals surface area contributed by atoms with Gasteiger partial charge in [-0.2, -0.15) is 0 Å². The number of aromatic nitrogens is 3. The molecule has 3 aromatic rings. The largest absolute Gasteiger partial charge is 0.507 e. The Balaban J connectivity index is 1.57. The van der Waals surface area contributed by atoms with Crippen LogP contribution in [0.3, 0.4) is 0 Å². The summed E-state index contributed by atoms with van der Waals surface area (Å²) in [6.07, 6.45) is 3.27. The number of H-pyrrole nitrogens is 1. The van der Waals surface area contributed by atoms with Gasteiger partial charge in [0.25, 0.3) is 0 Å². The second-order valence-corrected chi connectivity index (χ2v) is 8.13. The summed E-state index contributed by atoms with van der Waals surface area (Å²) in [5, 5.41) is 19.6. The zero-order chi connectivity index (χ0) is 18.8.